The quantitative estimate of drug-likeness (QED) is 0.823. The Kier molecular flexibility index (Phi) is 5.82. The minimum absolute atomic E-state index is 0.125. The summed E-state index contributed by atoms with van der Waals surface area (Å²) >= 11 is 5.49. The maximum Gasteiger partial charge on any atom is 0.235 e. The molecule has 1 aromatic heterocycles. The van der Waals surface area contributed by atoms with Crippen molar-refractivity contribution >= 4 is 17.5 Å². The smallest absolute Gasteiger partial charge is 0.235 e. The van der Waals surface area contributed by atoms with Crippen LogP contribution >= 0.6 is 11.6 Å². The van der Waals surface area contributed by atoms with Gasteiger partial charge in [0.15, 0.2) is 5.75 Å². The molecule has 122 valence electrons. The molecule has 0 aliphatic carbocycles. The first-order valence-electron chi connectivity index (χ1n) is 7.21. The lowest BCUT2D eigenvalue weighted by molar-refractivity contribution is -0.118. The minimum Gasteiger partial charge on any atom is -0.483 e. The van der Waals surface area contributed by atoms with Crippen LogP contribution in [0.2, 0.25) is 0 Å². The van der Waals surface area contributed by atoms with E-state index in [0.717, 1.165) is 11.3 Å². The van der Waals surface area contributed by atoms with Crippen LogP contribution in [0.15, 0.2) is 41.2 Å². The lowest BCUT2D eigenvalue weighted by Gasteiger charge is -2.17. The maximum atomic E-state index is 12.3. The zero-order valence-electron chi connectivity index (χ0n) is 13.1. The highest BCUT2D eigenvalue weighted by molar-refractivity contribution is 6.27. The minimum atomic E-state index is -0.297. The number of nitrogens with one attached hydrogen (secondary N) is 1. The van der Waals surface area contributed by atoms with Crippen molar-refractivity contribution in [1.82, 2.24) is 9.88 Å². The van der Waals surface area contributed by atoms with Crippen LogP contribution in [0.25, 0.3) is 0 Å². The first-order valence-corrected chi connectivity index (χ1v) is 7.75. The number of alkyl halides is 1. The Balaban J connectivity index is 2.27. The van der Waals surface area contributed by atoms with E-state index in [0.29, 0.717) is 5.69 Å². The number of aromatic nitrogens is 1. The Bertz CT molecular complexity index is 741. The van der Waals surface area contributed by atoms with Gasteiger partial charge in [0, 0.05) is 18.8 Å². The van der Waals surface area contributed by atoms with E-state index in [4.69, 9.17) is 16.3 Å². The summed E-state index contributed by atoms with van der Waals surface area (Å²) in [7, 11) is 1.83. The van der Waals surface area contributed by atoms with E-state index in [-0.39, 0.29) is 36.1 Å². The van der Waals surface area contributed by atoms with Gasteiger partial charge in [0.25, 0.3) is 0 Å². The van der Waals surface area contributed by atoms with Gasteiger partial charge < -0.3 is 14.6 Å². The number of rotatable bonds is 6. The Morgan fingerprint density at radius 2 is 2.00 bits per heavy atom. The normalized spacial score (nSPS) is 10.4. The van der Waals surface area contributed by atoms with Gasteiger partial charge in [-0.1, -0.05) is 30.3 Å². The van der Waals surface area contributed by atoms with Gasteiger partial charge in [-0.05, 0) is 12.5 Å². The number of halogens is 1. The van der Waals surface area contributed by atoms with E-state index >= 15 is 0 Å². The fraction of sp³-hybridized carbons (Fsp3) is 0.294. The summed E-state index contributed by atoms with van der Waals surface area (Å²) in [6.07, 6.45) is 0. The molecule has 0 fully saturated rings. The summed E-state index contributed by atoms with van der Waals surface area (Å²) in [6, 6.07) is 11.1. The second-order valence-electron chi connectivity index (χ2n) is 5.17. The zero-order chi connectivity index (χ0) is 16.8. The Labute approximate surface area is 139 Å². The number of carbonyl (C=O) groups is 1. The fourth-order valence-electron chi connectivity index (χ4n) is 2.17. The number of aryl methyl sites for hydroxylation is 1. The molecule has 0 aliphatic rings. The number of benzene rings is 1. The standard InChI is InChI=1S/C17H19ClN2O3/c1-12-8-15(21)17(23-11-13-6-4-3-5-7-13)14(20(12)2)10-19-16(22)9-18/h3-8H,9-11H2,1-2H3,(H,19,22). The molecule has 2 rings (SSSR count). The molecular formula is C17H19ClN2O3. The summed E-state index contributed by atoms with van der Waals surface area (Å²) in [5, 5.41) is 2.67. The second-order valence-corrected chi connectivity index (χ2v) is 5.44. The largest absolute Gasteiger partial charge is 0.483 e. The average molecular weight is 335 g/mol. The van der Waals surface area contributed by atoms with E-state index < -0.39 is 0 Å². The lowest BCUT2D eigenvalue weighted by Crippen LogP contribution is -2.28. The summed E-state index contributed by atoms with van der Waals surface area (Å²) in [5.74, 6) is -0.175. The van der Waals surface area contributed by atoms with Gasteiger partial charge in [0.2, 0.25) is 11.3 Å². The highest BCUT2D eigenvalue weighted by Crippen LogP contribution is 2.16. The molecule has 0 radical (unpaired) electrons. The van der Waals surface area contributed by atoms with Crippen molar-refractivity contribution < 1.29 is 9.53 Å². The van der Waals surface area contributed by atoms with Crippen LogP contribution in [0.3, 0.4) is 0 Å². The number of hydrogen-bond acceptors (Lipinski definition) is 3. The van der Waals surface area contributed by atoms with E-state index in [1.165, 1.54) is 6.07 Å². The van der Waals surface area contributed by atoms with Gasteiger partial charge in [-0.15, -0.1) is 11.6 Å². The van der Waals surface area contributed by atoms with Crippen molar-refractivity contribution in [2.45, 2.75) is 20.1 Å². The Morgan fingerprint density at radius 1 is 1.30 bits per heavy atom. The van der Waals surface area contributed by atoms with Crippen molar-refractivity contribution in [1.29, 1.82) is 0 Å². The first kappa shape index (κ1) is 17.1. The molecular weight excluding hydrogens is 316 g/mol. The van der Waals surface area contributed by atoms with E-state index in [9.17, 15) is 9.59 Å². The van der Waals surface area contributed by atoms with Gasteiger partial charge in [-0.3, -0.25) is 9.59 Å². The van der Waals surface area contributed by atoms with Crippen LogP contribution in [0.4, 0.5) is 0 Å². The number of nitrogens with zero attached hydrogens (tertiary/aromatic N) is 1. The van der Waals surface area contributed by atoms with Gasteiger partial charge in [-0.2, -0.15) is 0 Å². The molecule has 0 spiro atoms. The van der Waals surface area contributed by atoms with Crippen molar-refractivity contribution in [3.05, 3.63) is 63.6 Å². The first-order chi connectivity index (χ1) is 11.0. The van der Waals surface area contributed by atoms with E-state index in [2.05, 4.69) is 5.32 Å². The highest BCUT2D eigenvalue weighted by Gasteiger charge is 2.14. The molecule has 23 heavy (non-hydrogen) atoms. The maximum absolute atomic E-state index is 12.3. The SMILES string of the molecule is Cc1cc(=O)c(OCc2ccccc2)c(CNC(=O)CCl)n1C. The molecule has 0 bridgehead atoms. The Morgan fingerprint density at radius 3 is 2.65 bits per heavy atom. The van der Waals surface area contributed by atoms with Crippen molar-refractivity contribution in [3.63, 3.8) is 0 Å². The third-order valence-corrected chi connectivity index (χ3v) is 3.80. The highest BCUT2D eigenvalue weighted by atomic mass is 35.5. The predicted octanol–water partition coefficient (Wildman–Crippen LogP) is 2.13. The lowest BCUT2D eigenvalue weighted by atomic mass is 10.2. The van der Waals surface area contributed by atoms with Crippen LogP contribution in [-0.4, -0.2) is 16.4 Å². The van der Waals surface area contributed by atoms with Crippen molar-refractivity contribution in [2.75, 3.05) is 5.88 Å². The monoisotopic (exact) mass is 334 g/mol. The number of ether oxygens (including phenoxy) is 1. The second kappa shape index (κ2) is 7.83. The molecule has 1 amide bonds. The van der Waals surface area contributed by atoms with Crippen LogP contribution in [0, 0.1) is 6.92 Å². The average Bonchev–Trinajstić information content (AvgIpc) is 2.56. The summed E-state index contributed by atoms with van der Waals surface area (Å²) in [4.78, 5) is 23.7. The molecule has 5 nitrogen and oxygen atoms in total. The summed E-state index contributed by atoms with van der Waals surface area (Å²) < 4.78 is 7.57. The molecule has 0 unspecified atom stereocenters. The molecule has 0 saturated carbocycles. The van der Waals surface area contributed by atoms with Crippen molar-refractivity contribution in [3.8, 4) is 5.75 Å². The summed E-state index contributed by atoms with van der Waals surface area (Å²) in [6.45, 7) is 2.30. The predicted molar refractivity (Wildman–Crippen MR) is 89.8 cm³/mol. The van der Waals surface area contributed by atoms with Gasteiger partial charge in [0.05, 0.1) is 12.2 Å². The van der Waals surface area contributed by atoms with Crippen LogP contribution in [0.1, 0.15) is 17.0 Å². The van der Waals surface area contributed by atoms with E-state index in [1.54, 1.807) is 0 Å². The third kappa shape index (κ3) is 4.36. The zero-order valence-corrected chi connectivity index (χ0v) is 13.9. The number of amides is 1. The fourth-order valence-corrected chi connectivity index (χ4v) is 2.27. The Hall–Kier alpha value is -2.27. The summed E-state index contributed by atoms with van der Waals surface area (Å²) in [5.41, 5.74) is 2.17. The van der Waals surface area contributed by atoms with Crippen LogP contribution < -0.4 is 15.5 Å². The molecule has 1 N–H and O–H groups in total. The number of carbonyl (C=O) groups excluding carboxylic acids is 1. The molecule has 2 aromatic rings. The molecule has 1 aromatic carbocycles. The molecule has 1 heterocycles. The molecule has 0 atom stereocenters. The van der Waals surface area contributed by atoms with Gasteiger partial charge in [0.1, 0.15) is 12.5 Å². The van der Waals surface area contributed by atoms with Crippen LogP contribution in [0.5, 0.6) is 5.75 Å². The molecule has 6 heteroatoms. The number of hydrogen-bond donors (Lipinski definition) is 1. The molecule has 0 aliphatic heterocycles. The topological polar surface area (TPSA) is 60.3 Å². The van der Waals surface area contributed by atoms with Gasteiger partial charge >= 0.3 is 0 Å². The number of pyridine rings is 1. The third-order valence-electron chi connectivity index (χ3n) is 3.56. The van der Waals surface area contributed by atoms with Crippen LogP contribution in [-0.2, 0) is 25.0 Å². The molecule has 0 saturated heterocycles. The van der Waals surface area contributed by atoms with Crippen molar-refractivity contribution in [2.24, 2.45) is 7.05 Å². The van der Waals surface area contributed by atoms with E-state index in [1.807, 2.05) is 48.9 Å². The van der Waals surface area contributed by atoms with Gasteiger partial charge in [-0.25, -0.2) is 0 Å².